The molecule has 0 radical (unpaired) electrons. The van der Waals surface area contributed by atoms with Gasteiger partial charge in [0.05, 0.1) is 6.07 Å². The summed E-state index contributed by atoms with van der Waals surface area (Å²) in [5, 5.41) is 12.1. The molecule has 3 nitrogen and oxygen atoms in total. The Hall–Kier alpha value is -0.590. The number of fused-ring (bicyclic) bond motifs is 1. The molecular weight excluding hydrogens is 162 g/mol. The summed E-state index contributed by atoms with van der Waals surface area (Å²) in [5.74, 6) is 1.92. The molecule has 2 rings (SSSR count). The van der Waals surface area contributed by atoms with Crippen LogP contribution < -0.4 is 5.32 Å². The average molecular weight is 179 g/mol. The summed E-state index contributed by atoms with van der Waals surface area (Å²) >= 11 is 0. The second-order valence-corrected chi connectivity index (χ2v) is 4.64. The molecule has 0 bridgehead atoms. The second kappa shape index (κ2) is 2.97. The molecule has 2 fully saturated rings. The topological polar surface area (TPSA) is 39.1 Å². The lowest BCUT2D eigenvalue weighted by molar-refractivity contribution is 0.247. The van der Waals surface area contributed by atoms with E-state index >= 15 is 0 Å². The predicted molar refractivity (Wildman–Crippen MR) is 51.1 cm³/mol. The van der Waals surface area contributed by atoms with Gasteiger partial charge in [-0.05, 0) is 32.2 Å². The van der Waals surface area contributed by atoms with Crippen molar-refractivity contribution in [2.45, 2.75) is 18.9 Å². The van der Waals surface area contributed by atoms with E-state index in [1.807, 2.05) is 14.0 Å². The number of hydrogen-bond donors (Lipinski definition) is 1. The van der Waals surface area contributed by atoms with Gasteiger partial charge in [-0.3, -0.25) is 4.90 Å². The number of nitriles is 1. The number of piperidine rings is 1. The van der Waals surface area contributed by atoms with Crippen LogP contribution in [0.2, 0.25) is 0 Å². The van der Waals surface area contributed by atoms with Crippen LogP contribution in [0.5, 0.6) is 0 Å². The highest BCUT2D eigenvalue weighted by atomic mass is 15.2. The molecule has 1 aliphatic carbocycles. The molecule has 1 heterocycles. The zero-order valence-electron chi connectivity index (χ0n) is 8.38. The summed E-state index contributed by atoms with van der Waals surface area (Å²) in [6, 6.07) is 2.33. The lowest BCUT2D eigenvalue weighted by atomic mass is 10.0. The summed E-state index contributed by atoms with van der Waals surface area (Å²) in [7, 11) is 1.86. The maximum atomic E-state index is 8.98. The SMILES string of the molecule is CNC(C)(C#N)CN1CC2CC2C1. The number of likely N-dealkylation sites (tertiary alicyclic amines) is 1. The van der Waals surface area contributed by atoms with Gasteiger partial charge in [-0.25, -0.2) is 0 Å². The third-order valence-electron chi connectivity index (χ3n) is 3.39. The Kier molecular flexibility index (Phi) is 2.05. The number of likely N-dealkylation sites (N-methyl/N-ethyl adjacent to an activating group) is 1. The zero-order valence-corrected chi connectivity index (χ0v) is 8.38. The van der Waals surface area contributed by atoms with Gasteiger partial charge in [0, 0.05) is 19.6 Å². The molecule has 1 saturated carbocycles. The highest BCUT2D eigenvalue weighted by Gasteiger charge is 2.46. The van der Waals surface area contributed by atoms with Gasteiger partial charge < -0.3 is 5.32 Å². The molecule has 0 aromatic carbocycles. The molecule has 3 heteroatoms. The quantitative estimate of drug-likeness (QED) is 0.683. The minimum atomic E-state index is -0.364. The second-order valence-electron chi connectivity index (χ2n) is 4.64. The summed E-state index contributed by atoms with van der Waals surface area (Å²) in [6.45, 7) is 5.26. The summed E-state index contributed by atoms with van der Waals surface area (Å²) in [4.78, 5) is 2.42. The van der Waals surface area contributed by atoms with Gasteiger partial charge in [-0.15, -0.1) is 0 Å². The van der Waals surface area contributed by atoms with Gasteiger partial charge in [0.25, 0.3) is 0 Å². The van der Waals surface area contributed by atoms with E-state index in [2.05, 4.69) is 16.3 Å². The fourth-order valence-electron chi connectivity index (χ4n) is 2.24. The normalized spacial score (nSPS) is 36.4. The summed E-state index contributed by atoms with van der Waals surface area (Å²) in [5.41, 5.74) is -0.364. The maximum absolute atomic E-state index is 8.98. The van der Waals surface area contributed by atoms with Gasteiger partial charge in [-0.2, -0.15) is 5.26 Å². The molecule has 3 atom stereocenters. The lowest BCUT2D eigenvalue weighted by Gasteiger charge is -2.27. The van der Waals surface area contributed by atoms with Gasteiger partial charge in [0.1, 0.15) is 5.54 Å². The van der Waals surface area contributed by atoms with Crippen LogP contribution in [0.3, 0.4) is 0 Å². The number of nitrogens with one attached hydrogen (secondary N) is 1. The van der Waals surface area contributed by atoms with Crippen molar-refractivity contribution >= 4 is 0 Å². The van der Waals surface area contributed by atoms with E-state index in [0.29, 0.717) is 0 Å². The van der Waals surface area contributed by atoms with Crippen LogP contribution in [-0.4, -0.2) is 37.1 Å². The first kappa shape index (κ1) is 8.98. The van der Waals surface area contributed by atoms with E-state index in [0.717, 1.165) is 18.4 Å². The third kappa shape index (κ3) is 1.70. The summed E-state index contributed by atoms with van der Waals surface area (Å²) in [6.07, 6.45) is 1.43. The van der Waals surface area contributed by atoms with E-state index in [-0.39, 0.29) is 5.54 Å². The van der Waals surface area contributed by atoms with Crippen molar-refractivity contribution in [3.05, 3.63) is 0 Å². The smallest absolute Gasteiger partial charge is 0.116 e. The van der Waals surface area contributed by atoms with E-state index in [4.69, 9.17) is 5.26 Å². The minimum absolute atomic E-state index is 0.364. The first-order valence-corrected chi connectivity index (χ1v) is 4.99. The van der Waals surface area contributed by atoms with Gasteiger partial charge >= 0.3 is 0 Å². The van der Waals surface area contributed by atoms with Gasteiger partial charge in [0.2, 0.25) is 0 Å². The largest absolute Gasteiger partial charge is 0.302 e. The molecule has 2 aliphatic rings. The molecule has 13 heavy (non-hydrogen) atoms. The van der Waals surface area contributed by atoms with Crippen LogP contribution in [0.4, 0.5) is 0 Å². The molecule has 1 saturated heterocycles. The molecule has 1 N–H and O–H groups in total. The highest BCUT2D eigenvalue weighted by Crippen LogP contribution is 2.44. The Morgan fingerprint density at radius 2 is 2.15 bits per heavy atom. The zero-order chi connectivity index (χ0) is 9.47. The Morgan fingerprint density at radius 1 is 1.54 bits per heavy atom. The van der Waals surface area contributed by atoms with Crippen LogP contribution in [0, 0.1) is 23.2 Å². The van der Waals surface area contributed by atoms with Crippen molar-refractivity contribution in [3.8, 4) is 6.07 Å². The summed E-state index contributed by atoms with van der Waals surface area (Å²) < 4.78 is 0. The Bertz CT molecular complexity index is 235. The molecule has 0 amide bonds. The van der Waals surface area contributed by atoms with E-state index in [1.165, 1.54) is 19.5 Å². The average Bonchev–Trinajstić information content (AvgIpc) is 2.74. The van der Waals surface area contributed by atoms with Crippen molar-refractivity contribution in [1.29, 1.82) is 5.26 Å². The number of rotatable bonds is 3. The van der Waals surface area contributed by atoms with Gasteiger partial charge in [0.15, 0.2) is 0 Å². The Labute approximate surface area is 79.7 Å². The number of hydrogen-bond acceptors (Lipinski definition) is 3. The lowest BCUT2D eigenvalue weighted by Crippen LogP contribution is -2.48. The monoisotopic (exact) mass is 179 g/mol. The van der Waals surface area contributed by atoms with Crippen molar-refractivity contribution in [2.24, 2.45) is 11.8 Å². The van der Waals surface area contributed by atoms with Crippen molar-refractivity contribution < 1.29 is 0 Å². The van der Waals surface area contributed by atoms with Crippen LogP contribution in [-0.2, 0) is 0 Å². The van der Waals surface area contributed by atoms with E-state index < -0.39 is 0 Å². The molecule has 0 spiro atoms. The maximum Gasteiger partial charge on any atom is 0.116 e. The van der Waals surface area contributed by atoms with Crippen LogP contribution in [0.15, 0.2) is 0 Å². The first-order chi connectivity index (χ1) is 6.17. The first-order valence-electron chi connectivity index (χ1n) is 4.99. The third-order valence-corrected chi connectivity index (χ3v) is 3.39. The highest BCUT2D eigenvalue weighted by molar-refractivity contribution is 5.07. The fourth-order valence-corrected chi connectivity index (χ4v) is 2.24. The standard InChI is InChI=1S/C10H17N3/c1-10(6-11,12-2)7-13-4-8-3-9(8)5-13/h8-9,12H,3-5,7H2,1-2H3. The van der Waals surface area contributed by atoms with Crippen molar-refractivity contribution in [2.75, 3.05) is 26.7 Å². The molecule has 0 aromatic rings. The predicted octanol–water partition coefficient (Wildman–Crippen LogP) is 0.440. The van der Waals surface area contributed by atoms with E-state index in [1.54, 1.807) is 0 Å². The molecular formula is C10H17N3. The van der Waals surface area contributed by atoms with Crippen molar-refractivity contribution in [3.63, 3.8) is 0 Å². The molecule has 3 unspecified atom stereocenters. The van der Waals surface area contributed by atoms with Crippen LogP contribution in [0.25, 0.3) is 0 Å². The molecule has 72 valence electrons. The molecule has 1 aliphatic heterocycles. The van der Waals surface area contributed by atoms with Crippen LogP contribution >= 0.6 is 0 Å². The Morgan fingerprint density at radius 3 is 2.62 bits per heavy atom. The fraction of sp³-hybridized carbons (Fsp3) is 0.900. The van der Waals surface area contributed by atoms with Gasteiger partial charge in [-0.1, -0.05) is 0 Å². The van der Waals surface area contributed by atoms with Crippen molar-refractivity contribution in [1.82, 2.24) is 10.2 Å². The van der Waals surface area contributed by atoms with E-state index in [9.17, 15) is 0 Å². The van der Waals surface area contributed by atoms with Crippen LogP contribution in [0.1, 0.15) is 13.3 Å². The minimum Gasteiger partial charge on any atom is -0.302 e. The Balaban J connectivity index is 1.87. The molecule has 0 aromatic heterocycles. The number of nitrogens with zero attached hydrogens (tertiary/aromatic N) is 2.